The van der Waals surface area contributed by atoms with Crippen molar-refractivity contribution < 1.29 is 19.1 Å². The number of nitrogens with one attached hydrogen (secondary N) is 1. The van der Waals surface area contributed by atoms with Crippen LogP contribution in [-0.4, -0.2) is 79.0 Å². The average Bonchev–Trinajstić information content (AvgIpc) is 3.12. The van der Waals surface area contributed by atoms with Gasteiger partial charge in [-0.2, -0.15) is 0 Å². The lowest BCUT2D eigenvalue weighted by Crippen LogP contribution is -2.49. The van der Waals surface area contributed by atoms with Crippen LogP contribution in [0.3, 0.4) is 0 Å². The van der Waals surface area contributed by atoms with Gasteiger partial charge < -0.3 is 15.0 Å². The van der Waals surface area contributed by atoms with Crippen LogP contribution in [0.25, 0.3) is 0 Å². The summed E-state index contributed by atoms with van der Waals surface area (Å²) in [6.07, 6.45) is 0.802. The summed E-state index contributed by atoms with van der Waals surface area (Å²) in [5, 5.41) is 3.01. The molecule has 0 saturated carbocycles. The molecule has 0 aromatic heterocycles. The number of urea groups is 1. The molecule has 2 heterocycles. The Balaban J connectivity index is 1.61. The molecule has 1 unspecified atom stereocenters. The number of nitrogens with zero attached hydrogens (tertiary/aromatic N) is 3. The minimum absolute atomic E-state index is 0.0300. The molecule has 2 aliphatic rings. The Kier molecular flexibility index (Phi) is 8.52. The Hall–Kier alpha value is -3.65. The Morgan fingerprint density at radius 2 is 1.68 bits per heavy atom. The molecular formula is C30H38N4O4. The SMILES string of the molecule is CCOC(=O)C1=C(CN2CCCN(C(=O)c3ccc(C)cc3)CC2)N(C)C(=O)NC1c1ccc(C)cc1C. The van der Waals surface area contributed by atoms with Crippen LogP contribution in [0.5, 0.6) is 0 Å². The molecule has 0 bridgehead atoms. The zero-order valence-electron chi connectivity index (χ0n) is 23.0. The monoisotopic (exact) mass is 518 g/mol. The summed E-state index contributed by atoms with van der Waals surface area (Å²) in [6.45, 7) is 11.1. The quantitative estimate of drug-likeness (QED) is 0.585. The van der Waals surface area contributed by atoms with Gasteiger partial charge in [-0.25, -0.2) is 9.59 Å². The predicted octanol–water partition coefficient (Wildman–Crippen LogP) is 3.97. The Labute approximate surface area is 225 Å². The molecule has 38 heavy (non-hydrogen) atoms. The van der Waals surface area contributed by atoms with Gasteiger partial charge in [-0.15, -0.1) is 0 Å². The summed E-state index contributed by atoms with van der Waals surface area (Å²) in [5.74, 6) is -0.396. The normalized spacial score (nSPS) is 18.8. The highest BCUT2D eigenvalue weighted by atomic mass is 16.5. The van der Waals surface area contributed by atoms with E-state index in [4.69, 9.17) is 4.74 Å². The zero-order chi connectivity index (χ0) is 27.4. The second-order valence-electron chi connectivity index (χ2n) is 10.2. The number of esters is 1. The molecule has 3 amide bonds. The minimum Gasteiger partial charge on any atom is -0.463 e. The third kappa shape index (κ3) is 5.91. The van der Waals surface area contributed by atoms with Gasteiger partial charge in [0.25, 0.3) is 5.91 Å². The summed E-state index contributed by atoms with van der Waals surface area (Å²) < 4.78 is 5.48. The fourth-order valence-electron chi connectivity index (χ4n) is 5.20. The van der Waals surface area contributed by atoms with Crippen molar-refractivity contribution in [1.29, 1.82) is 0 Å². The van der Waals surface area contributed by atoms with Crippen LogP contribution >= 0.6 is 0 Å². The van der Waals surface area contributed by atoms with Crippen LogP contribution in [0, 0.1) is 20.8 Å². The molecule has 1 fully saturated rings. The third-order valence-corrected chi connectivity index (χ3v) is 7.36. The van der Waals surface area contributed by atoms with Gasteiger partial charge in [0.05, 0.1) is 18.2 Å². The Morgan fingerprint density at radius 3 is 2.37 bits per heavy atom. The zero-order valence-corrected chi connectivity index (χ0v) is 23.0. The van der Waals surface area contributed by atoms with Gasteiger partial charge in [0, 0.05) is 51.0 Å². The van der Waals surface area contributed by atoms with Crippen molar-refractivity contribution >= 4 is 17.9 Å². The van der Waals surface area contributed by atoms with E-state index >= 15 is 0 Å². The van der Waals surface area contributed by atoms with E-state index in [-0.39, 0.29) is 18.5 Å². The van der Waals surface area contributed by atoms with Gasteiger partial charge in [0.15, 0.2) is 0 Å². The largest absolute Gasteiger partial charge is 0.463 e. The molecule has 202 valence electrons. The second kappa shape index (κ2) is 11.8. The molecule has 1 N–H and O–H groups in total. The van der Waals surface area contributed by atoms with Crippen molar-refractivity contribution in [2.75, 3.05) is 46.4 Å². The Bertz CT molecular complexity index is 1240. The molecule has 1 atom stereocenters. The molecule has 2 aliphatic heterocycles. The number of ether oxygens (including phenoxy) is 1. The molecule has 0 spiro atoms. The van der Waals surface area contributed by atoms with E-state index in [0.29, 0.717) is 43.0 Å². The fourth-order valence-corrected chi connectivity index (χ4v) is 5.20. The van der Waals surface area contributed by atoms with Gasteiger partial charge in [0.1, 0.15) is 0 Å². The number of carbonyl (C=O) groups excluding carboxylic acids is 3. The van der Waals surface area contributed by atoms with Gasteiger partial charge in [-0.1, -0.05) is 41.5 Å². The molecule has 2 aromatic rings. The summed E-state index contributed by atoms with van der Waals surface area (Å²) >= 11 is 0. The van der Waals surface area contributed by atoms with Gasteiger partial charge in [-0.05, 0) is 57.4 Å². The highest BCUT2D eigenvalue weighted by Gasteiger charge is 2.38. The summed E-state index contributed by atoms with van der Waals surface area (Å²) in [7, 11) is 1.69. The number of rotatable bonds is 6. The van der Waals surface area contributed by atoms with Crippen molar-refractivity contribution in [1.82, 2.24) is 20.0 Å². The lowest BCUT2D eigenvalue weighted by molar-refractivity contribution is -0.139. The average molecular weight is 519 g/mol. The van der Waals surface area contributed by atoms with E-state index in [0.717, 1.165) is 35.2 Å². The van der Waals surface area contributed by atoms with Crippen LogP contribution in [0.1, 0.15) is 52.0 Å². The van der Waals surface area contributed by atoms with E-state index in [1.54, 1.807) is 14.0 Å². The maximum atomic E-state index is 13.3. The lowest BCUT2D eigenvalue weighted by Gasteiger charge is -2.37. The predicted molar refractivity (Wildman–Crippen MR) is 147 cm³/mol. The maximum Gasteiger partial charge on any atom is 0.338 e. The first-order valence-electron chi connectivity index (χ1n) is 13.3. The van der Waals surface area contributed by atoms with E-state index in [1.165, 1.54) is 4.90 Å². The molecule has 8 nitrogen and oxygen atoms in total. The van der Waals surface area contributed by atoms with E-state index in [2.05, 4.69) is 16.3 Å². The molecular weight excluding hydrogens is 480 g/mol. The maximum absolute atomic E-state index is 13.3. The van der Waals surface area contributed by atoms with Crippen molar-refractivity contribution in [3.05, 3.63) is 81.6 Å². The summed E-state index contributed by atoms with van der Waals surface area (Å²) in [5.41, 5.74) is 5.89. The van der Waals surface area contributed by atoms with Crippen LogP contribution in [0.15, 0.2) is 53.7 Å². The van der Waals surface area contributed by atoms with E-state index < -0.39 is 12.0 Å². The number of likely N-dealkylation sites (N-methyl/N-ethyl adjacent to an activating group) is 1. The highest BCUT2D eigenvalue weighted by molar-refractivity contribution is 5.95. The minimum atomic E-state index is -0.597. The summed E-state index contributed by atoms with van der Waals surface area (Å²) in [4.78, 5) is 45.1. The van der Waals surface area contributed by atoms with Crippen LogP contribution in [-0.2, 0) is 9.53 Å². The number of aryl methyl sites for hydroxylation is 3. The first-order valence-corrected chi connectivity index (χ1v) is 13.3. The first kappa shape index (κ1) is 27.4. The van der Waals surface area contributed by atoms with Gasteiger partial charge >= 0.3 is 12.0 Å². The third-order valence-electron chi connectivity index (χ3n) is 7.36. The molecule has 2 aromatic carbocycles. The van der Waals surface area contributed by atoms with Gasteiger partial charge in [0.2, 0.25) is 0 Å². The smallest absolute Gasteiger partial charge is 0.338 e. The first-order chi connectivity index (χ1) is 18.2. The van der Waals surface area contributed by atoms with Crippen molar-refractivity contribution in [3.63, 3.8) is 0 Å². The van der Waals surface area contributed by atoms with Crippen molar-refractivity contribution in [2.45, 2.75) is 40.2 Å². The van der Waals surface area contributed by atoms with Crippen LogP contribution in [0.2, 0.25) is 0 Å². The Morgan fingerprint density at radius 1 is 0.974 bits per heavy atom. The van der Waals surface area contributed by atoms with Crippen molar-refractivity contribution in [3.8, 4) is 0 Å². The lowest BCUT2D eigenvalue weighted by atomic mass is 9.90. The standard InChI is InChI=1S/C30H38N4O4/c1-6-38-29(36)26-25(32(5)30(37)31-27(26)24-13-10-21(3)18-22(24)4)19-33-14-7-15-34(17-16-33)28(35)23-11-8-20(2)9-12-23/h8-13,18,27H,6-7,14-17,19H2,1-5H3,(H,31,37). The van der Waals surface area contributed by atoms with Crippen molar-refractivity contribution in [2.24, 2.45) is 0 Å². The number of carbonyl (C=O) groups is 3. The topological polar surface area (TPSA) is 82.2 Å². The molecule has 4 rings (SSSR count). The van der Waals surface area contributed by atoms with E-state index in [9.17, 15) is 14.4 Å². The number of hydrogen-bond donors (Lipinski definition) is 1. The molecule has 0 radical (unpaired) electrons. The number of amides is 3. The fraction of sp³-hybridized carbons (Fsp3) is 0.433. The number of benzene rings is 2. The molecule has 0 aliphatic carbocycles. The summed E-state index contributed by atoms with van der Waals surface area (Å²) in [6, 6.07) is 12.8. The van der Waals surface area contributed by atoms with Crippen LogP contribution < -0.4 is 5.32 Å². The molecule has 8 heteroatoms. The van der Waals surface area contributed by atoms with E-state index in [1.807, 2.05) is 62.1 Å². The highest BCUT2D eigenvalue weighted by Crippen LogP contribution is 2.33. The second-order valence-corrected chi connectivity index (χ2v) is 10.2. The molecule has 1 saturated heterocycles. The van der Waals surface area contributed by atoms with Crippen LogP contribution in [0.4, 0.5) is 4.79 Å². The number of hydrogen-bond acceptors (Lipinski definition) is 5. The van der Waals surface area contributed by atoms with Gasteiger partial charge in [-0.3, -0.25) is 14.6 Å².